The van der Waals surface area contributed by atoms with Crippen molar-refractivity contribution in [3.8, 4) is 11.5 Å². The Kier molecular flexibility index (Phi) is 9.69. The van der Waals surface area contributed by atoms with Crippen molar-refractivity contribution >= 4 is 6.16 Å². The minimum Gasteiger partial charge on any atom is -0.395 e. The predicted octanol–water partition coefficient (Wildman–Crippen LogP) is 12.0. The molecule has 54 heavy (non-hydrogen) atoms. The van der Waals surface area contributed by atoms with E-state index in [2.05, 4.69) is 146 Å². The van der Waals surface area contributed by atoms with Gasteiger partial charge in [0.15, 0.2) is 0 Å². The molecule has 0 amide bonds. The van der Waals surface area contributed by atoms with E-state index in [0.29, 0.717) is 11.5 Å². The van der Waals surface area contributed by atoms with Gasteiger partial charge in [0, 0.05) is 0 Å². The third-order valence-electron chi connectivity index (χ3n) is 10.2. The number of rotatable bonds is 10. The van der Waals surface area contributed by atoms with Gasteiger partial charge in [-0.25, -0.2) is 4.79 Å². The zero-order valence-electron chi connectivity index (χ0n) is 29.7. The molecule has 260 valence electrons. The smallest absolute Gasteiger partial charge is 0.395 e. The molecule has 0 saturated heterocycles. The molecule has 0 spiro atoms. The standard InChI is InChI=1S/C51H38O3/c52-49(53-47-35-31-45(32-36-47)50(39-19-7-1-8-20-39,40-21-9-2-10-22-40)41-23-11-3-12-24-41)54-48-37-33-46(34-38-48)51(42-25-13-4-14-26-42,43-27-15-5-16-28-43)44-29-17-6-18-30-44/h1-38H. The Labute approximate surface area is 316 Å². The lowest BCUT2D eigenvalue weighted by Crippen LogP contribution is -2.31. The van der Waals surface area contributed by atoms with Crippen molar-refractivity contribution in [2.45, 2.75) is 10.8 Å². The maximum absolute atomic E-state index is 13.2. The molecule has 0 heterocycles. The third-order valence-corrected chi connectivity index (χ3v) is 10.2. The summed E-state index contributed by atoms with van der Waals surface area (Å²) in [7, 11) is 0. The average molecular weight is 699 g/mol. The van der Waals surface area contributed by atoms with E-state index in [4.69, 9.17) is 9.47 Å². The molecule has 0 unspecified atom stereocenters. The van der Waals surface area contributed by atoms with Crippen molar-refractivity contribution < 1.29 is 14.3 Å². The van der Waals surface area contributed by atoms with Gasteiger partial charge in [0.05, 0.1) is 10.8 Å². The van der Waals surface area contributed by atoms with Gasteiger partial charge in [-0.05, 0) is 68.8 Å². The Morgan fingerprint density at radius 3 is 0.648 bits per heavy atom. The van der Waals surface area contributed by atoms with E-state index < -0.39 is 17.0 Å². The van der Waals surface area contributed by atoms with Crippen LogP contribution >= 0.6 is 0 Å². The van der Waals surface area contributed by atoms with E-state index in [1.165, 1.54) is 0 Å². The number of carbonyl (C=O) groups is 1. The van der Waals surface area contributed by atoms with Crippen molar-refractivity contribution in [3.05, 3.63) is 275 Å². The van der Waals surface area contributed by atoms with Gasteiger partial charge >= 0.3 is 6.16 Å². The van der Waals surface area contributed by atoms with Crippen LogP contribution in [0.4, 0.5) is 4.79 Å². The molecule has 0 aromatic heterocycles. The minimum absolute atomic E-state index is 0.389. The number of hydrogen-bond acceptors (Lipinski definition) is 3. The highest BCUT2D eigenvalue weighted by Gasteiger charge is 2.39. The van der Waals surface area contributed by atoms with Crippen molar-refractivity contribution in [2.75, 3.05) is 0 Å². The van der Waals surface area contributed by atoms with E-state index in [1.807, 2.05) is 84.9 Å². The second kappa shape index (κ2) is 15.3. The first-order chi connectivity index (χ1) is 26.7. The van der Waals surface area contributed by atoms with Crippen LogP contribution in [0.3, 0.4) is 0 Å². The van der Waals surface area contributed by atoms with Gasteiger partial charge in [-0.3, -0.25) is 0 Å². The topological polar surface area (TPSA) is 35.5 Å². The fourth-order valence-corrected chi connectivity index (χ4v) is 7.89. The summed E-state index contributed by atoms with van der Waals surface area (Å²) in [5.74, 6) is 0.777. The molecule has 8 aromatic rings. The van der Waals surface area contributed by atoms with Gasteiger partial charge < -0.3 is 9.47 Å². The maximum atomic E-state index is 13.2. The molecule has 3 nitrogen and oxygen atoms in total. The second-order valence-electron chi connectivity index (χ2n) is 13.2. The van der Waals surface area contributed by atoms with Gasteiger partial charge in [0.25, 0.3) is 0 Å². The fraction of sp³-hybridized carbons (Fsp3) is 0.0392. The molecule has 0 radical (unpaired) electrons. The molecule has 0 N–H and O–H groups in total. The van der Waals surface area contributed by atoms with Gasteiger partial charge in [-0.15, -0.1) is 0 Å². The molecule has 0 bridgehead atoms. The first-order valence-electron chi connectivity index (χ1n) is 18.1. The summed E-state index contributed by atoms with van der Waals surface area (Å²) in [5, 5.41) is 0. The zero-order chi connectivity index (χ0) is 36.6. The summed E-state index contributed by atoms with van der Waals surface area (Å²) in [6.07, 6.45) is -0.809. The van der Waals surface area contributed by atoms with Crippen molar-refractivity contribution in [1.82, 2.24) is 0 Å². The number of hydrogen-bond donors (Lipinski definition) is 0. The lowest BCUT2D eigenvalue weighted by atomic mass is 9.65. The predicted molar refractivity (Wildman–Crippen MR) is 216 cm³/mol. The molecule has 8 rings (SSSR count). The molecular formula is C51H38O3. The van der Waals surface area contributed by atoms with Crippen LogP contribution in [0.1, 0.15) is 44.5 Å². The van der Waals surface area contributed by atoms with Gasteiger partial charge in [-0.1, -0.05) is 206 Å². The summed E-state index contributed by atoms with van der Waals surface area (Å²) in [6, 6.07) is 78.4. The summed E-state index contributed by atoms with van der Waals surface area (Å²) >= 11 is 0. The Balaban J connectivity index is 1.09. The quantitative estimate of drug-likeness (QED) is 0.0810. The average Bonchev–Trinajstić information content (AvgIpc) is 3.25. The van der Waals surface area contributed by atoms with Gasteiger partial charge in [-0.2, -0.15) is 0 Å². The SMILES string of the molecule is O=C(Oc1ccc(C(c2ccccc2)(c2ccccc2)c2ccccc2)cc1)Oc1ccc(C(c2ccccc2)(c2ccccc2)c2ccccc2)cc1. The highest BCUT2D eigenvalue weighted by molar-refractivity contribution is 5.68. The summed E-state index contributed by atoms with van der Waals surface area (Å²) < 4.78 is 11.5. The maximum Gasteiger partial charge on any atom is 0.519 e. The van der Waals surface area contributed by atoms with Gasteiger partial charge in [0.2, 0.25) is 0 Å². The summed E-state index contributed by atoms with van der Waals surface area (Å²) in [4.78, 5) is 13.2. The van der Waals surface area contributed by atoms with Crippen molar-refractivity contribution in [3.63, 3.8) is 0 Å². The van der Waals surface area contributed by atoms with Crippen LogP contribution in [-0.2, 0) is 10.8 Å². The Morgan fingerprint density at radius 1 is 0.259 bits per heavy atom. The molecule has 0 aliphatic carbocycles. The van der Waals surface area contributed by atoms with Crippen molar-refractivity contribution in [2.24, 2.45) is 0 Å². The Hall–Kier alpha value is -6.97. The van der Waals surface area contributed by atoms with Crippen molar-refractivity contribution in [1.29, 1.82) is 0 Å². The fourth-order valence-electron chi connectivity index (χ4n) is 7.89. The monoisotopic (exact) mass is 698 g/mol. The Bertz CT molecular complexity index is 2030. The van der Waals surface area contributed by atoms with E-state index in [0.717, 1.165) is 44.5 Å². The third kappa shape index (κ3) is 6.37. The highest BCUT2D eigenvalue weighted by Crippen LogP contribution is 2.47. The second-order valence-corrected chi connectivity index (χ2v) is 13.2. The summed E-state index contributed by atoms with van der Waals surface area (Å²) in [5.41, 5.74) is 7.69. The molecule has 0 atom stereocenters. The van der Waals surface area contributed by atoms with Crippen LogP contribution in [-0.4, -0.2) is 6.16 Å². The lowest BCUT2D eigenvalue weighted by Gasteiger charge is -2.37. The van der Waals surface area contributed by atoms with Crippen LogP contribution in [0, 0.1) is 0 Å². The number of carbonyl (C=O) groups excluding carboxylic acids is 1. The van der Waals surface area contributed by atoms with Gasteiger partial charge in [0.1, 0.15) is 11.5 Å². The van der Waals surface area contributed by atoms with Crippen LogP contribution in [0.5, 0.6) is 11.5 Å². The van der Waals surface area contributed by atoms with Crippen LogP contribution in [0.2, 0.25) is 0 Å². The van der Waals surface area contributed by atoms with Crippen LogP contribution < -0.4 is 9.47 Å². The Morgan fingerprint density at radius 2 is 0.444 bits per heavy atom. The molecular weight excluding hydrogens is 661 g/mol. The number of benzene rings is 8. The molecule has 0 aliphatic rings. The molecule has 0 saturated carbocycles. The zero-order valence-corrected chi connectivity index (χ0v) is 29.7. The molecule has 3 heteroatoms. The van der Waals surface area contributed by atoms with E-state index in [-0.39, 0.29) is 0 Å². The van der Waals surface area contributed by atoms with E-state index >= 15 is 0 Å². The normalized spacial score (nSPS) is 11.4. The largest absolute Gasteiger partial charge is 0.519 e. The first-order valence-corrected chi connectivity index (χ1v) is 18.1. The molecule has 8 aromatic carbocycles. The lowest BCUT2D eigenvalue weighted by molar-refractivity contribution is 0.152. The first kappa shape index (κ1) is 34.1. The number of ether oxygens (including phenoxy) is 2. The molecule has 0 aliphatic heterocycles. The van der Waals surface area contributed by atoms with E-state index in [9.17, 15) is 4.79 Å². The van der Waals surface area contributed by atoms with Crippen LogP contribution in [0.25, 0.3) is 0 Å². The highest BCUT2D eigenvalue weighted by atomic mass is 16.7. The minimum atomic E-state index is -0.809. The summed E-state index contributed by atoms with van der Waals surface area (Å²) in [6.45, 7) is 0. The van der Waals surface area contributed by atoms with E-state index in [1.54, 1.807) is 0 Å². The molecule has 0 fully saturated rings. The van der Waals surface area contributed by atoms with Crippen LogP contribution in [0.15, 0.2) is 231 Å².